The summed E-state index contributed by atoms with van der Waals surface area (Å²) < 4.78 is 1.41. The summed E-state index contributed by atoms with van der Waals surface area (Å²) in [4.78, 5) is 4.07. The van der Waals surface area contributed by atoms with Gasteiger partial charge in [0.2, 0.25) is 0 Å². The van der Waals surface area contributed by atoms with Gasteiger partial charge in [0.1, 0.15) is 0 Å². The van der Waals surface area contributed by atoms with E-state index in [1.807, 2.05) is 11.3 Å². The summed E-state index contributed by atoms with van der Waals surface area (Å²) in [6, 6.07) is 11.7. The molecule has 0 radical (unpaired) electrons. The summed E-state index contributed by atoms with van der Waals surface area (Å²) in [7, 11) is 2.08. The molecule has 1 atom stereocenters. The highest BCUT2D eigenvalue weighted by Crippen LogP contribution is 2.27. The second kappa shape index (κ2) is 6.71. The number of thiophene rings is 1. The van der Waals surface area contributed by atoms with Crippen LogP contribution in [0.3, 0.4) is 0 Å². The molecule has 1 fully saturated rings. The molecule has 0 spiro atoms. The zero-order valence-electron chi connectivity index (χ0n) is 11.3. The van der Waals surface area contributed by atoms with Crippen molar-refractivity contribution in [2.75, 3.05) is 20.1 Å². The van der Waals surface area contributed by atoms with E-state index in [4.69, 9.17) is 0 Å². The van der Waals surface area contributed by atoms with Crippen LogP contribution in [-0.4, -0.2) is 31.1 Å². The van der Waals surface area contributed by atoms with Gasteiger partial charge in [0, 0.05) is 28.7 Å². The van der Waals surface area contributed by atoms with E-state index in [0.29, 0.717) is 6.04 Å². The summed E-state index contributed by atoms with van der Waals surface area (Å²) in [6.45, 7) is 3.54. The Hall–Kier alpha value is -0.610. The van der Waals surface area contributed by atoms with Gasteiger partial charge in [-0.2, -0.15) is 0 Å². The molecular formula is C15H21ClN2S. The molecule has 0 amide bonds. The lowest BCUT2D eigenvalue weighted by Gasteiger charge is -2.32. The number of benzene rings is 1. The molecule has 0 aliphatic carbocycles. The second-order valence-electron chi connectivity index (χ2n) is 5.11. The van der Waals surface area contributed by atoms with Gasteiger partial charge in [-0.25, -0.2) is 0 Å². The maximum absolute atomic E-state index is 3.41. The molecule has 1 saturated heterocycles. The van der Waals surface area contributed by atoms with E-state index in [1.165, 1.54) is 40.9 Å². The van der Waals surface area contributed by atoms with E-state index in [2.05, 4.69) is 47.6 Å². The average molecular weight is 297 g/mol. The third kappa shape index (κ3) is 3.48. The first-order valence-electron chi connectivity index (χ1n) is 6.72. The Morgan fingerprint density at radius 1 is 1.37 bits per heavy atom. The number of nitrogens with zero attached hydrogens (tertiary/aromatic N) is 1. The first-order valence-corrected chi connectivity index (χ1v) is 7.54. The molecular weight excluding hydrogens is 276 g/mol. The van der Waals surface area contributed by atoms with Crippen molar-refractivity contribution in [3.8, 4) is 0 Å². The molecule has 4 heteroatoms. The van der Waals surface area contributed by atoms with E-state index in [0.717, 1.165) is 6.54 Å². The molecule has 1 aromatic carbocycles. The predicted molar refractivity (Wildman–Crippen MR) is 86.4 cm³/mol. The molecule has 1 unspecified atom stereocenters. The smallest absolute Gasteiger partial charge is 0.0346 e. The number of halogens is 1. The third-order valence-corrected chi connectivity index (χ3v) is 4.87. The number of rotatable bonds is 3. The zero-order chi connectivity index (χ0) is 12.4. The summed E-state index contributed by atoms with van der Waals surface area (Å²) in [6.07, 6.45) is 2.63. The number of likely N-dealkylation sites (tertiary alicyclic amines) is 1. The second-order valence-corrected chi connectivity index (χ2v) is 6.28. The van der Waals surface area contributed by atoms with Crippen molar-refractivity contribution in [3.05, 3.63) is 35.2 Å². The van der Waals surface area contributed by atoms with Crippen LogP contribution in [0.15, 0.2) is 30.3 Å². The number of piperidine rings is 1. The third-order valence-electron chi connectivity index (χ3n) is 3.77. The van der Waals surface area contributed by atoms with Gasteiger partial charge in [0.05, 0.1) is 0 Å². The minimum absolute atomic E-state index is 0. The van der Waals surface area contributed by atoms with Gasteiger partial charge in [0.25, 0.3) is 0 Å². The lowest BCUT2D eigenvalue weighted by atomic mass is 10.1. The Morgan fingerprint density at radius 3 is 3.00 bits per heavy atom. The summed E-state index contributed by atoms with van der Waals surface area (Å²) in [5, 5.41) is 4.80. The number of hydrogen-bond acceptors (Lipinski definition) is 3. The fourth-order valence-corrected chi connectivity index (χ4v) is 3.88. The maximum atomic E-state index is 3.41. The average Bonchev–Trinajstić information content (AvgIpc) is 2.81. The van der Waals surface area contributed by atoms with Gasteiger partial charge in [-0.15, -0.1) is 23.7 Å². The van der Waals surface area contributed by atoms with Crippen LogP contribution < -0.4 is 5.32 Å². The first-order chi connectivity index (χ1) is 8.85. The van der Waals surface area contributed by atoms with E-state index >= 15 is 0 Å². The zero-order valence-corrected chi connectivity index (χ0v) is 12.9. The Morgan fingerprint density at radius 2 is 2.21 bits per heavy atom. The van der Waals surface area contributed by atoms with Crippen LogP contribution in [0.4, 0.5) is 0 Å². The lowest BCUT2D eigenvalue weighted by molar-refractivity contribution is 0.189. The van der Waals surface area contributed by atoms with Crippen LogP contribution in [0.1, 0.15) is 17.7 Å². The van der Waals surface area contributed by atoms with Crippen LogP contribution in [0.2, 0.25) is 0 Å². The van der Waals surface area contributed by atoms with E-state index in [1.54, 1.807) is 0 Å². The van der Waals surface area contributed by atoms with Crippen molar-refractivity contribution < 1.29 is 0 Å². The van der Waals surface area contributed by atoms with E-state index in [9.17, 15) is 0 Å². The highest BCUT2D eigenvalue weighted by atomic mass is 35.5. The molecule has 1 N–H and O–H groups in total. The molecule has 104 valence electrons. The van der Waals surface area contributed by atoms with Crippen molar-refractivity contribution in [2.45, 2.75) is 25.4 Å². The topological polar surface area (TPSA) is 15.3 Å². The standard InChI is InChI=1S/C15H20N2S.ClH/c1-16-13-6-4-8-17(10-13)11-14-9-12-5-2-3-7-15(12)18-14;/h2-3,5,7,9,13,16H,4,6,8,10-11H2,1H3;1H. The SMILES string of the molecule is CNC1CCCN(Cc2cc3ccccc3s2)C1.Cl. The Labute approximate surface area is 125 Å². The molecule has 0 saturated carbocycles. The monoisotopic (exact) mass is 296 g/mol. The first kappa shape index (κ1) is 14.8. The predicted octanol–water partition coefficient (Wildman–Crippen LogP) is 3.51. The van der Waals surface area contributed by atoms with Crippen LogP contribution in [0.25, 0.3) is 10.1 Å². The normalized spacial score (nSPS) is 20.4. The molecule has 2 aromatic rings. The summed E-state index contributed by atoms with van der Waals surface area (Å²) >= 11 is 1.94. The maximum Gasteiger partial charge on any atom is 0.0346 e. The van der Waals surface area contributed by atoms with Crippen molar-refractivity contribution in [1.82, 2.24) is 10.2 Å². The summed E-state index contributed by atoms with van der Waals surface area (Å²) in [5.41, 5.74) is 0. The molecule has 1 aromatic heterocycles. The van der Waals surface area contributed by atoms with Gasteiger partial charge in [0.15, 0.2) is 0 Å². The molecule has 3 rings (SSSR count). The lowest BCUT2D eigenvalue weighted by Crippen LogP contribution is -2.43. The van der Waals surface area contributed by atoms with E-state index < -0.39 is 0 Å². The summed E-state index contributed by atoms with van der Waals surface area (Å²) in [5.74, 6) is 0. The number of hydrogen-bond donors (Lipinski definition) is 1. The Balaban J connectivity index is 0.00000133. The van der Waals surface area contributed by atoms with Crippen molar-refractivity contribution in [2.24, 2.45) is 0 Å². The fourth-order valence-electron chi connectivity index (χ4n) is 2.77. The van der Waals surface area contributed by atoms with Crippen molar-refractivity contribution in [1.29, 1.82) is 0 Å². The number of fused-ring (bicyclic) bond motifs is 1. The molecule has 1 aliphatic rings. The number of likely N-dealkylation sites (N-methyl/N-ethyl adjacent to an activating group) is 1. The van der Waals surface area contributed by atoms with Gasteiger partial charge in [-0.3, -0.25) is 4.90 Å². The van der Waals surface area contributed by atoms with Gasteiger partial charge in [-0.05, 0) is 44.0 Å². The minimum Gasteiger partial charge on any atom is -0.316 e. The molecule has 19 heavy (non-hydrogen) atoms. The highest BCUT2D eigenvalue weighted by molar-refractivity contribution is 7.19. The minimum atomic E-state index is 0. The van der Waals surface area contributed by atoms with E-state index in [-0.39, 0.29) is 12.4 Å². The fraction of sp³-hybridized carbons (Fsp3) is 0.467. The van der Waals surface area contributed by atoms with Crippen LogP contribution >= 0.6 is 23.7 Å². The quantitative estimate of drug-likeness (QED) is 0.932. The van der Waals surface area contributed by atoms with Crippen LogP contribution in [0.5, 0.6) is 0 Å². The van der Waals surface area contributed by atoms with Crippen LogP contribution in [-0.2, 0) is 6.54 Å². The highest BCUT2D eigenvalue weighted by Gasteiger charge is 2.18. The number of nitrogens with one attached hydrogen (secondary N) is 1. The Bertz CT molecular complexity index is 493. The Kier molecular flexibility index (Phi) is 5.22. The largest absolute Gasteiger partial charge is 0.316 e. The molecule has 1 aliphatic heterocycles. The van der Waals surface area contributed by atoms with Gasteiger partial charge in [-0.1, -0.05) is 18.2 Å². The van der Waals surface area contributed by atoms with Crippen molar-refractivity contribution in [3.63, 3.8) is 0 Å². The van der Waals surface area contributed by atoms with Crippen LogP contribution in [0, 0.1) is 0 Å². The molecule has 0 bridgehead atoms. The van der Waals surface area contributed by atoms with Crippen molar-refractivity contribution >= 4 is 33.8 Å². The molecule has 2 heterocycles. The molecule has 2 nitrogen and oxygen atoms in total. The van der Waals surface area contributed by atoms with Gasteiger partial charge < -0.3 is 5.32 Å². The van der Waals surface area contributed by atoms with Gasteiger partial charge >= 0.3 is 0 Å².